The zero-order valence-corrected chi connectivity index (χ0v) is 27.7. The molecule has 11 heteroatoms. The van der Waals surface area contributed by atoms with E-state index in [9.17, 15) is 18.0 Å². The molecule has 1 aromatic carbocycles. The predicted octanol–water partition coefficient (Wildman–Crippen LogP) is 4.87. The van der Waals surface area contributed by atoms with E-state index in [0.29, 0.717) is 63.9 Å². The van der Waals surface area contributed by atoms with Gasteiger partial charge >= 0.3 is 0 Å². The third kappa shape index (κ3) is 5.66. The summed E-state index contributed by atoms with van der Waals surface area (Å²) in [6.45, 7) is 11.1. The van der Waals surface area contributed by atoms with Crippen LogP contribution in [0.15, 0.2) is 60.3 Å². The minimum atomic E-state index is -3.80. The van der Waals surface area contributed by atoms with Gasteiger partial charge in [0.15, 0.2) is 5.78 Å². The van der Waals surface area contributed by atoms with E-state index in [-0.39, 0.29) is 24.2 Å². The molecule has 0 bridgehead atoms. The van der Waals surface area contributed by atoms with Gasteiger partial charge < -0.3 is 19.5 Å². The smallest absolute Gasteiger partial charge is 0.255 e. The van der Waals surface area contributed by atoms with Gasteiger partial charge in [-0.3, -0.25) is 14.6 Å². The lowest BCUT2D eigenvalue weighted by Crippen LogP contribution is -2.44. The Labute approximate surface area is 269 Å². The number of likely N-dealkylation sites (N-methyl/N-ethyl adjacent to an activating group) is 1. The Morgan fingerprint density at radius 3 is 2.50 bits per heavy atom. The van der Waals surface area contributed by atoms with Crippen molar-refractivity contribution < 1.29 is 17.9 Å². The minimum absolute atomic E-state index is 0.0401. The van der Waals surface area contributed by atoms with Crippen LogP contribution < -0.4 is 15.2 Å². The van der Waals surface area contributed by atoms with Crippen LogP contribution in [0.1, 0.15) is 52.9 Å². The first-order valence-electron chi connectivity index (χ1n) is 15.7. The van der Waals surface area contributed by atoms with Crippen LogP contribution in [0.3, 0.4) is 0 Å². The molecule has 10 nitrogen and oxygen atoms in total. The summed E-state index contributed by atoms with van der Waals surface area (Å²) >= 11 is 0. The number of nitrogens with zero attached hydrogens (tertiary/aromatic N) is 4. The van der Waals surface area contributed by atoms with Crippen LogP contribution in [0.4, 0.5) is 5.69 Å². The van der Waals surface area contributed by atoms with Crippen molar-refractivity contribution in [3.8, 4) is 16.9 Å². The molecule has 3 aromatic heterocycles. The fourth-order valence-electron chi connectivity index (χ4n) is 6.59. The second-order valence-corrected chi connectivity index (χ2v) is 14.9. The van der Waals surface area contributed by atoms with Gasteiger partial charge in [0.1, 0.15) is 5.75 Å². The number of rotatable bonds is 11. The Balaban J connectivity index is 1.47. The molecule has 0 spiro atoms. The lowest BCUT2D eigenvalue weighted by Gasteiger charge is -2.34. The molecule has 1 saturated heterocycles. The van der Waals surface area contributed by atoms with Crippen molar-refractivity contribution in [2.45, 2.75) is 50.7 Å². The van der Waals surface area contributed by atoms with Crippen molar-refractivity contribution >= 4 is 32.4 Å². The molecule has 4 heterocycles. The number of ketones is 1. The summed E-state index contributed by atoms with van der Waals surface area (Å²) in [5.74, 6) is 0.243. The van der Waals surface area contributed by atoms with Crippen LogP contribution >= 0.6 is 0 Å². The predicted molar refractivity (Wildman–Crippen MR) is 182 cm³/mol. The molecule has 0 unspecified atom stereocenters. The number of piperazine rings is 1. The molecule has 2 aliphatic rings. The topological polar surface area (TPSA) is 118 Å². The van der Waals surface area contributed by atoms with E-state index in [4.69, 9.17) is 4.74 Å². The summed E-state index contributed by atoms with van der Waals surface area (Å²) in [5.41, 5.74) is 4.82. The fraction of sp³-hybridized carbons (Fsp3) is 0.400. The SMILES string of the molecule is C=CCC1(S(=O)(=O)n2cc(C)c3c(C(=O)CCc4c(OC)cc(C)[nH]c4=O)cc(-c4cncc(N5CCN(C)CC5)c4)cc32)CC1. The number of benzene rings is 1. The van der Waals surface area contributed by atoms with Crippen LogP contribution in [0, 0.1) is 13.8 Å². The van der Waals surface area contributed by atoms with Crippen LogP contribution in [0.25, 0.3) is 22.0 Å². The second kappa shape index (κ2) is 12.2. The summed E-state index contributed by atoms with van der Waals surface area (Å²) < 4.78 is 34.2. The average Bonchev–Trinajstić information content (AvgIpc) is 3.76. The fourth-order valence-corrected chi connectivity index (χ4v) is 8.65. The summed E-state index contributed by atoms with van der Waals surface area (Å²) in [7, 11) is -0.187. The molecule has 46 heavy (non-hydrogen) atoms. The third-order valence-corrected chi connectivity index (χ3v) is 12.0. The number of Topliss-reactive ketones (excluding diaryl/α,β-unsaturated/α-hetero) is 1. The largest absolute Gasteiger partial charge is 0.496 e. The highest BCUT2D eigenvalue weighted by Crippen LogP contribution is 2.49. The van der Waals surface area contributed by atoms with E-state index in [1.165, 1.54) is 11.1 Å². The normalized spacial score (nSPS) is 16.5. The molecule has 6 rings (SSSR count). The Morgan fingerprint density at radius 1 is 1.09 bits per heavy atom. The van der Waals surface area contributed by atoms with Gasteiger partial charge in [0.25, 0.3) is 5.56 Å². The van der Waals surface area contributed by atoms with Crippen LogP contribution in [-0.2, 0) is 16.4 Å². The van der Waals surface area contributed by atoms with E-state index >= 15 is 0 Å². The zero-order valence-electron chi connectivity index (χ0n) is 26.9. The zero-order chi connectivity index (χ0) is 32.8. The number of aromatic amines is 1. The number of pyridine rings is 2. The molecule has 0 radical (unpaired) electrons. The Hall–Kier alpha value is -4.22. The number of hydrogen-bond donors (Lipinski definition) is 1. The van der Waals surface area contributed by atoms with Crippen LogP contribution in [0.5, 0.6) is 5.75 Å². The number of H-pyrrole nitrogens is 1. The average molecular weight is 644 g/mol. The summed E-state index contributed by atoms with van der Waals surface area (Å²) in [6.07, 6.45) is 8.60. The third-order valence-electron chi connectivity index (χ3n) is 9.47. The highest BCUT2D eigenvalue weighted by molar-refractivity contribution is 7.91. The number of carbonyl (C=O) groups excluding carboxylic acids is 1. The van der Waals surface area contributed by atoms with Crippen molar-refractivity contribution in [2.75, 3.05) is 45.2 Å². The first-order valence-corrected chi connectivity index (χ1v) is 17.1. The van der Waals surface area contributed by atoms with Crippen LogP contribution in [-0.4, -0.2) is 78.1 Å². The first kappa shape index (κ1) is 31.7. The van der Waals surface area contributed by atoms with Gasteiger partial charge in [0.2, 0.25) is 10.0 Å². The van der Waals surface area contributed by atoms with E-state index < -0.39 is 14.8 Å². The van der Waals surface area contributed by atoms with Crippen molar-refractivity contribution in [1.82, 2.24) is 18.8 Å². The Morgan fingerprint density at radius 2 is 1.83 bits per heavy atom. The summed E-state index contributed by atoms with van der Waals surface area (Å²) in [5, 5.41) is 0.597. The van der Waals surface area contributed by atoms with Gasteiger partial charge in [-0.2, -0.15) is 0 Å². The van der Waals surface area contributed by atoms with E-state index in [1.807, 2.05) is 25.3 Å². The summed E-state index contributed by atoms with van der Waals surface area (Å²) in [6, 6.07) is 7.50. The molecule has 0 amide bonds. The van der Waals surface area contributed by atoms with Crippen molar-refractivity contribution in [3.05, 3.63) is 88.2 Å². The molecule has 1 aliphatic heterocycles. The molecule has 0 atom stereocenters. The highest BCUT2D eigenvalue weighted by Gasteiger charge is 2.54. The number of methoxy groups -OCH3 is 1. The van der Waals surface area contributed by atoms with Crippen molar-refractivity contribution in [3.63, 3.8) is 0 Å². The molecule has 2 fully saturated rings. The van der Waals surface area contributed by atoms with E-state index in [0.717, 1.165) is 37.4 Å². The van der Waals surface area contributed by atoms with Gasteiger partial charge in [0.05, 0.1) is 34.8 Å². The van der Waals surface area contributed by atoms with Gasteiger partial charge in [-0.1, -0.05) is 6.08 Å². The monoisotopic (exact) mass is 643 g/mol. The maximum absolute atomic E-state index is 14.2. The van der Waals surface area contributed by atoms with E-state index in [1.54, 1.807) is 31.5 Å². The minimum Gasteiger partial charge on any atom is -0.496 e. The maximum Gasteiger partial charge on any atom is 0.255 e. The number of aromatic nitrogens is 3. The van der Waals surface area contributed by atoms with Gasteiger partial charge in [-0.15, -0.1) is 6.58 Å². The number of ether oxygens (including phenoxy) is 1. The maximum atomic E-state index is 14.2. The van der Waals surface area contributed by atoms with Crippen molar-refractivity contribution in [2.24, 2.45) is 0 Å². The van der Waals surface area contributed by atoms with Crippen LogP contribution in [0.2, 0.25) is 0 Å². The second-order valence-electron chi connectivity index (χ2n) is 12.7. The Bertz CT molecular complexity index is 2000. The van der Waals surface area contributed by atoms with Crippen molar-refractivity contribution in [1.29, 1.82) is 0 Å². The van der Waals surface area contributed by atoms with E-state index in [2.05, 4.69) is 39.5 Å². The number of hydrogen-bond acceptors (Lipinski definition) is 8. The molecule has 242 valence electrons. The molecule has 1 aliphatic carbocycles. The number of nitrogens with one attached hydrogen (secondary N) is 1. The molecular formula is C35H41N5O5S. The first-order chi connectivity index (χ1) is 22.0. The molecule has 4 aromatic rings. The Kier molecular flexibility index (Phi) is 8.41. The molecule has 1 saturated carbocycles. The van der Waals surface area contributed by atoms with Gasteiger partial charge in [-0.05, 0) is 82.0 Å². The quantitative estimate of drug-likeness (QED) is 0.182. The number of carbonyl (C=O) groups is 1. The number of fused-ring (bicyclic) bond motifs is 1. The molecule has 1 N–H and O–H groups in total. The van der Waals surface area contributed by atoms with Gasteiger partial charge in [0, 0.05) is 67.2 Å². The number of allylic oxidation sites excluding steroid dienone is 1. The number of anilines is 1. The number of aryl methyl sites for hydroxylation is 2. The molecular weight excluding hydrogens is 602 g/mol. The highest BCUT2D eigenvalue weighted by atomic mass is 32.2. The van der Waals surface area contributed by atoms with Gasteiger partial charge in [-0.25, -0.2) is 12.4 Å². The summed E-state index contributed by atoms with van der Waals surface area (Å²) in [4.78, 5) is 38.8. The lowest BCUT2D eigenvalue weighted by atomic mass is 9.94. The standard InChI is InChI=1S/C35H41N5O5S/c1-6-9-35(10-11-35)46(43,44)40-22-23(2)33-29(31(41)8-7-28-32(45-5)16-24(3)37-34(28)42)18-25(19-30(33)40)26-17-27(21-36-20-26)39-14-12-38(4)13-15-39/h6,16-22H,1,7-15H2,2-5H3,(H,37,42). The lowest BCUT2D eigenvalue weighted by molar-refractivity contribution is 0.0984.